The molecule has 4 rings (SSSR count). The topological polar surface area (TPSA) is 72.4 Å². The first-order valence-corrected chi connectivity index (χ1v) is 9.29. The molecule has 1 amide bonds. The largest absolute Gasteiger partial charge is 0.436 e. The van der Waals surface area contributed by atoms with Gasteiger partial charge in [-0.1, -0.05) is 42.0 Å². The lowest BCUT2D eigenvalue weighted by atomic mass is 10.0. The molecule has 2 aromatic carbocycles. The van der Waals surface area contributed by atoms with Gasteiger partial charge in [0.25, 0.3) is 5.91 Å². The molecule has 0 aliphatic carbocycles. The van der Waals surface area contributed by atoms with Crippen LogP contribution in [0, 0.1) is 6.92 Å². The monoisotopic (exact) mass is 361 g/mol. The number of oxazole rings is 1. The number of aryl methyl sites for hydroxylation is 1. The van der Waals surface area contributed by atoms with Crippen LogP contribution in [0.25, 0.3) is 22.8 Å². The van der Waals surface area contributed by atoms with Gasteiger partial charge >= 0.3 is 0 Å². The van der Waals surface area contributed by atoms with E-state index in [1.54, 1.807) is 6.20 Å². The molecule has 5 nitrogen and oxygen atoms in total. The van der Waals surface area contributed by atoms with Gasteiger partial charge in [-0.15, -0.1) is 0 Å². The molecule has 2 heterocycles. The Balaban J connectivity index is 1.63. The number of piperidine rings is 1. The molecule has 0 radical (unpaired) electrons. The van der Waals surface area contributed by atoms with Crippen LogP contribution in [0.2, 0.25) is 0 Å². The number of likely N-dealkylation sites (tertiary alicyclic amines) is 1. The Labute approximate surface area is 158 Å². The molecule has 1 fully saturated rings. The van der Waals surface area contributed by atoms with Crippen LogP contribution in [0.3, 0.4) is 0 Å². The van der Waals surface area contributed by atoms with Crippen molar-refractivity contribution in [3.05, 3.63) is 65.9 Å². The van der Waals surface area contributed by atoms with Gasteiger partial charge in [0.2, 0.25) is 5.89 Å². The first-order valence-electron chi connectivity index (χ1n) is 9.29. The molecule has 5 heteroatoms. The first kappa shape index (κ1) is 17.5. The zero-order valence-corrected chi connectivity index (χ0v) is 15.4. The second kappa shape index (κ2) is 7.37. The van der Waals surface area contributed by atoms with E-state index in [2.05, 4.69) is 4.98 Å². The zero-order chi connectivity index (χ0) is 18.8. The van der Waals surface area contributed by atoms with E-state index in [9.17, 15) is 4.79 Å². The molecule has 1 aliphatic heterocycles. The van der Waals surface area contributed by atoms with Crippen LogP contribution in [0.5, 0.6) is 0 Å². The zero-order valence-electron chi connectivity index (χ0n) is 15.4. The van der Waals surface area contributed by atoms with Crippen molar-refractivity contribution in [2.75, 3.05) is 13.1 Å². The average molecular weight is 361 g/mol. The van der Waals surface area contributed by atoms with E-state index in [0.717, 1.165) is 24.0 Å². The first-order chi connectivity index (χ1) is 13.1. The van der Waals surface area contributed by atoms with E-state index < -0.39 is 0 Å². The number of nitrogens with zero attached hydrogens (tertiary/aromatic N) is 2. The molecule has 138 valence electrons. The summed E-state index contributed by atoms with van der Waals surface area (Å²) in [5.74, 6) is 1.16. The van der Waals surface area contributed by atoms with E-state index in [1.807, 2.05) is 60.4 Å². The van der Waals surface area contributed by atoms with Crippen molar-refractivity contribution >= 4 is 5.91 Å². The summed E-state index contributed by atoms with van der Waals surface area (Å²) in [4.78, 5) is 19.3. The molecule has 1 aromatic heterocycles. The number of hydrogen-bond acceptors (Lipinski definition) is 4. The third-order valence-electron chi connectivity index (χ3n) is 5.06. The molecule has 2 N–H and O–H groups in total. The molecule has 0 atom stereocenters. The number of hydrogen-bond donors (Lipinski definition) is 1. The van der Waals surface area contributed by atoms with Gasteiger partial charge in [-0.25, -0.2) is 4.98 Å². The highest BCUT2D eigenvalue weighted by molar-refractivity contribution is 6.00. The van der Waals surface area contributed by atoms with Crippen LogP contribution < -0.4 is 5.73 Å². The quantitative estimate of drug-likeness (QED) is 0.768. The van der Waals surface area contributed by atoms with Crippen molar-refractivity contribution in [1.29, 1.82) is 0 Å². The van der Waals surface area contributed by atoms with Gasteiger partial charge in [0.1, 0.15) is 0 Å². The molecule has 0 spiro atoms. The van der Waals surface area contributed by atoms with Crippen molar-refractivity contribution in [3.63, 3.8) is 0 Å². The normalized spacial score (nSPS) is 15.1. The van der Waals surface area contributed by atoms with Crippen LogP contribution in [0.4, 0.5) is 0 Å². The minimum Gasteiger partial charge on any atom is -0.436 e. The van der Waals surface area contributed by atoms with Gasteiger partial charge in [-0.3, -0.25) is 4.79 Å². The highest BCUT2D eigenvalue weighted by Crippen LogP contribution is 2.29. The number of benzene rings is 2. The number of nitrogens with two attached hydrogens (primary N) is 1. The standard InChI is InChI=1S/C22H23N3O2/c1-15-6-8-16(9-7-15)20-14-24-21(27-20)18-4-2-3-5-19(18)22(26)25-12-10-17(23)11-13-25/h2-9,14,17H,10-13,23H2,1H3. The van der Waals surface area contributed by atoms with E-state index >= 15 is 0 Å². The lowest BCUT2D eigenvalue weighted by molar-refractivity contribution is 0.0715. The number of aromatic nitrogens is 1. The third kappa shape index (κ3) is 3.64. The number of carbonyl (C=O) groups excluding carboxylic acids is 1. The summed E-state index contributed by atoms with van der Waals surface area (Å²) in [5, 5.41) is 0. The predicted octanol–water partition coefficient (Wildman–Crippen LogP) is 3.88. The summed E-state index contributed by atoms with van der Waals surface area (Å²) in [5.41, 5.74) is 9.45. The van der Waals surface area contributed by atoms with E-state index in [0.29, 0.717) is 30.3 Å². The summed E-state index contributed by atoms with van der Waals surface area (Å²) in [6.07, 6.45) is 3.39. The van der Waals surface area contributed by atoms with Gasteiger partial charge in [0.05, 0.1) is 11.8 Å². The van der Waals surface area contributed by atoms with Crippen molar-refractivity contribution in [2.45, 2.75) is 25.8 Å². The second-order valence-corrected chi connectivity index (χ2v) is 7.07. The van der Waals surface area contributed by atoms with Crippen LogP contribution in [0.1, 0.15) is 28.8 Å². The summed E-state index contributed by atoms with van der Waals surface area (Å²) >= 11 is 0. The van der Waals surface area contributed by atoms with Gasteiger partial charge in [0, 0.05) is 30.3 Å². The van der Waals surface area contributed by atoms with Gasteiger partial charge in [-0.05, 0) is 31.9 Å². The fraction of sp³-hybridized carbons (Fsp3) is 0.273. The third-order valence-corrected chi connectivity index (χ3v) is 5.06. The molecular formula is C22H23N3O2. The van der Waals surface area contributed by atoms with Crippen LogP contribution in [0.15, 0.2) is 59.1 Å². The Morgan fingerprint density at radius 2 is 1.81 bits per heavy atom. The molecule has 0 unspecified atom stereocenters. The summed E-state index contributed by atoms with van der Waals surface area (Å²) in [6.45, 7) is 3.42. The van der Waals surface area contributed by atoms with Crippen LogP contribution >= 0.6 is 0 Å². The maximum absolute atomic E-state index is 13.0. The number of amides is 1. The Bertz CT molecular complexity index is 938. The van der Waals surface area contributed by atoms with E-state index in [1.165, 1.54) is 5.56 Å². The summed E-state index contributed by atoms with van der Waals surface area (Å²) in [6, 6.07) is 15.8. The maximum atomic E-state index is 13.0. The van der Waals surface area contributed by atoms with Crippen LogP contribution in [-0.4, -0.2) is 34.9 Å². The van der Waals surface area contributed by atoms with Gasteiger partial charge in [0.15, 0.2) is 5.76 Å². The fourth-order valence-corrected chi connectivity index (χ4v) is 3.38. The van der Waals surface area contributed by atoms with Gasteiger partial charge in [-0.2, -0.15) is 0 Å². The van der Waals surface area contributed by atoms with E-state index in [4.69, 9.17) is 10.2 Å². The smallest absolute Gasteiger partial charge is 0.254 e. The maximum Gasteiger partial charge on any atom is 0.254 e. The summed E-state index contributed by atoms with van der Waals surface area (Å²) in [7, 11) is 0. The Morgan fingerprint density at radius 1 is 1.11 bits per heavy atom. The highest BCUT2D eigenvalue weighted by atomic mass is 16.4. The summed E-state index contributed by atoms with van der Waals surface area (Å²) < 4.78 is 5.99. The average Bonchev–Trinajstić information content (AvgIpc) is 3.19. The van der Waals surface area contributed by atoms with Gasteiger partial charge < -0.3 is 15.1 Å². The van der Waals surface area contributed by atoms with Crippen LogP contribution in [-0.2, 0) is 0 Å². The molecule has 1 aliphatic rings. The Kier molecular flexibility index (Phi) is 4.77. The highest BCUT2D eigenvalue weighted by Gasteiger charge is 2.25. The Hall–Kier alpha value is -2.92. The second-order valence-electron chi connectivity index (χ2n) is 7.07. The molecule has 1 saturated heterocycles. The van der Waals surface area contributed by atoms with Crippen molar-refractivity contribution < 1.29 is 9.21 Å². The Morgan fingerprint density at radius 3 is 2.56 bits per heavy atom. The SMILES string of the molecule is Cc1ccc(-c2cnc(-c3ccccc3C(=O)N3CCC(N)CC3)o2)cc1. The molecule has 0 saturated carbocycles. The van der Waals surface area contributed by atoms with Crippen molar-refractivity contribution in [1.82, 2.24) is 9.88 Å². The van der Waals surface area contributed by atoms with Crippen molar-refractivity contribution in [2.24, 2.45) is 5.73 Å². The minimum absolute atomic E-state index is 0.00702. The molecule has 0 bridgehead atoms. The number of carbonyl (C=O) groups is 1. The number of rotatable bonds is 3. The lowest BCUT2D eigenvalue weighted by Crippen LogP contribution is -2.43. The lowest BCUT2D eigenvalue weighted by Gasteiger charge is -2.30. The molecule has 27 heavy (non-hydrogen) atoms. The van der Waals surface area contributed by atoms with Crippen molar-refractivity contribution in [3.8, 4) is 22.8 Å². The predicted molar refractivity (Wildman–Crippen MR) is 105 cm³/mol. The fourth-order valence-electron chi connectivity index (χ4n) is 3.38. The molecular weight excluding hydrogens is 338 g/mol. The minimum atomic E-state index is 0.00702. The van der Waals surface area contributed by atoms with E-state index in [-0.39, 0.29) is 11.9 Å². The molecule has 3 aromatic rings.